The van der Waals surface area contributed by atoms with Crippen molar-refractivity contribution in [1.82, 2.24) is 4.90 Å². The number of benzene rings is 2. The molecule has 0 heterocycles. The monoisotopic (exact) mass is 357 g/mol. The molecule has 1 N–H and O–H groups in total. The molecule has 6 heteroatoms. The highest BCUT2D eigenvalue weighted by Crippen LogP contribution is 2.25. The van der Waals surface area contributed by atoms with Gasteiger partial charge in [-0.15, -0.1) is 0 Å². The van der Waals surface area contributed by atoms with Gasteiger partial charge >= 0.3 is 5.97 Å². The Kier molecular flexibility index (Phi) is 6.60. The molecule has 0 bridgehead atoms. The molecular formula is C20H23NO5. The molecule has 1 amide bonds. The lowest BCUT2D eigenvalue weighted by atomic mass is 10.1. The number of carbonyl (C=O) groups excluding carboxylic acids is 1. The SMILES string of the molecule is COc1ccc(OC)c(CCC(=O)N(C)Cc2ccc(C(=O)O)cc2)c1. The number of aryl methyl sites for hydroxylation is 1. The minimum absolute atomic E-state index is 0.00261. The standard InChI is InChI=1S/C20H23NO5/c1-21(13-14-4-6-15(7-5-14)20(23)24)19(22)11-8-16-12-17(25-2)9-10-18(16)26-3/h4-7,9-10,12H,8,11,13H2,1-3H3,(H,23,24). The first-order chi connectivity index (χ1) is 12.4. The number of nitrogens with zero attached hydrogens (tertiary/aromatic N) is 1. The van der Waals surface area contributed by atoms with Gasteiger partial charge in [0.05, 0.1) is 19.8 Å². The Morgan fingerprint density at radius 1 is 1.04 bits per heavy atom. The first kappa shape index (κ1) is 19.3. The third-order valence-electron chi connectivity index (χ3n) is 4.14. The highest BCUT2D eigenvalue weighted by Gasteiger charge is 2.13. The van der Waals surface area contributed by atoms with Gasteiger partial charge in [0.2, 0.25) is 5.91 Å². The summed E-state index contributed by atoms with van der Waals surface area (Å²) in [6.45, 7) is 0.425. The van der Waals surface area contributed by atoms with Crippen LogP contribution in [0.5, 0.6) is 11.5 Å². The molecular weight excluding hydrogens is 334 g/mol. The zero-order valence-electron chi connectivity index (χ0n) is 15.2. The Labute approximate surface area is 153 Å². The van der Waals surface area contributed by atoms with E-state index in [1.165, 1.54) is 12.1 Å². The van der Waals surface area contributed by atoms with Crippen LogP contribution in [0.4, 0.5) is 0 Å². The van der Waals surface area contributed by atoms with Crippen molar-refractivity contribution in [3.05, 3.63) is 59.2 Å². The number of carbonyl (C=O) groups is 2. The van der Waals surface area contributed by atoms with Crippen molar-refractivity contribution in [2.75, 3.05) is 21.3 Å². The van der Waals surface area contributed by atoms with Crippen LogP contribution in [0.25, 0.3) is 0 Å². The number of methoxy groups -OCH3 is 2. The second-order valence-electron chi connectivity index (χ2n) is 5.93. The molecule has 2 rings (SSSR count). The van der Waals surface area contributed by atoms with Crippen molar-refractivity contribution in [2.24, 2.45) is 0 Å². The van der Waals surface area contributed by atoms with Gasteiger partial charge in [0, 0.05) is 20.0 Å². The second-order valence-corrected chi connectivity index (χ2v) is 5.93. The van der Waals surface area contributed by atoms with Gasteiger partial charge in [-0.3, -0.25) is 4.79 Å². The van der Waals surface area contributed by atoms with E-state index in [1.807, 2.05) is 18.2 Å². The first-order valence-electron chi connectivity index (χ1n) is 8.21. The topological polar surface area (TPSA) is 76.1 Å². The Hall–Kier alpha value is -3.02. The maximum absolute atomic E-state index is 12.4. The zero-order chi connectivity index (χ0) is 19.1. The van der Waals surface area contributed by atoms with Crippen LogP contribution in [0.15, 0.2) is 42.5 Å². The number of carboxylic acid groups (broad SMARTS) is 1. The van der Waals surface area contributed by atoms with E-state index < -0.39 is 5.97 Å². The van der Waals surface area contributed by atoms with E-state index in [9.17, 15) is 9.59 Å². The van der Waals surface area contributed by atoms with Crippen molar-refractivity contribution in [2.45, 2.75) is 19.4 Å². The van der Waals surface area contributed by atoms with Crippen molar-refractivity contribution < 1.29 is 24.2 Å². The summed E-state index contributed by atoms with van der Waals surface area (Å²) in [5.41, 5.74) is 2.03. The Bertz CT molecular complexity index is 770. The summed E-state index contributed by atoms with van der Waals surface area (Å²) in [6.07, 6.45) is 0.884. The molecule has 0 unspecified atom stereocenters. The molecule has 0 saturated heterocycles. The molecule has 0 atom stereocenters. The Morgan fingerprint density at radius 2 is 1.73 bits per heavy atom. The van der Waals surface area contributed by atoms with Gasteiger partial charge in [0.15, 0.2) is 0 Å². The van der Waals surface area contributed by atoms with Crippen molar-refractivity contribution in [3.63, 3.8) is 0 Å². The number of amides is 1. The van der Waals surface area contributed by atoms with Gasteiger partial charge < -0.3 is 19.5 Å². The van der Waals surface area contributed by atoms with Crippen molar-refractivity contribution in [3.8, 4) is 11.5 Å². The summed E-state index contributed by atoms with van der Waals surface area (Å²) in [5, 5.41) is 8.92. The van der Waals surface area contributed by atoms with E-state index in [-0.39, 0.29) is 11.5 Å². The van der Waals surface area contributed by atoms with Gasteiger partial charge in [-0.25, -0.2) is 4.79 Å². The molecule has 0 aliphatic carbocycles. The van der Waals surface area contributed by atoms with E-state index in [2.05, 4.69) is 0 Å². The molecule has 0 aliphatic rings. The van der Waals surface area contributed by atoms with Gasteiger partial charge in [-0.05, 0) is 47.9 Å². The van der Waals surface area contributed by atoms with E-state index in [0.717, 1.165) is 22.6 Å². The molecule has 0 aromatic heterocycles. The Morgan fingerprint density at radius 3 is 2.31 bits per heavy atom. The molecule has 2 aromatic carbocycles. The van der Waals surface area contributed by atoms with Gasteiger partial charge in [0.25, 0.3) is 0 Å². The largest absolute Gasteiger partial charge is 0.497 e. The van der Waals surface area contributed by atoms with E-state index in [4.69, 9.17) is 14.6 Å². The third-order valence-corrected chi connectivity index (χ3v) is 4.14. The van der Waals surface area contributed by atoms with E-state index >= 15 is 0 Å². The average molecular weight is 357 g/mol. The fourth-order valence-corrected chi connectivity index (χ4v) is 2.62. The smallest absolute Gasteiger partial charge is 0.335 e. The molecule has 2 aromatic rings. The lowest BCUT2D eigenvalue weighted by Crippen LogP contribution is -2.26. The molecule has 0 saturated carbocycles. The van der Waals surface area contributed by atoms with Crippen LogP contribution in [0, 0.1) is 0 Å². The molecule has 26 heavy (non-hydrogen) atoms. The van der Waals surface area contributed by atoms with Gasteiger partial charge in [0.1, 0.15) is 11.5 Å². The normalized spacial score (nSPS) is 10.3. The number of rotatable bonds is 8. The molecule has 0 fully saturated rings. The summed E-state index contributed by atoms with van der Waals surface area (Å²) < 4.78 is 10.6. The number of ether oxygens (including phenoxy) is 2. The number of hydrogen-bond acceptors (Lipinski definition) is 4. The number of aromatic carboxylic acids is 1. The third kappa shape index (κ3) is 4.99. The minimum Gasteiger partial charge on any atom is -0.497 e. The maximum Gasteiger partial charge on any atom is 0.335 e. The molecule has 0 spiro atoms. The zero-order valence-corrected chi connectivity index (χ0v) is 15.2. The van der Waals surface area contributed by atoms with Gasteiger partial charge in [-0.2, -0.15) is 0 Å². The average Bonchev–Trinajstić information content (AvgIpc) is 2.66. The fourth-order valence-electron chi connectivity index (χ4n) is 2.62. The highest BCUT2D eigenvalue weighted by atomic mass is 16.5. The lowest BCUT2D eigenvalue weighted by Gasteiger charge is -2.18. The van der Waals surface area contributed by atoms with Crippen LogP contribution in [-0.4, -0.2) is 43.2 Å². The summed E-state index contributed by atoms with van der Waals surface area (Å²) in [4.78, 5) is 24.9. The Balaban J connectivity index is 1.96. The molecule has 138 valence electrons. The quantitative estimate of drug-likeness (QED) is 0.786. The van der Waals surface area contributed by atoms with Crippen LogP contribution in [0.3, 0.4) is 0 Å². The van der Waals surface area contributed by atoms with E-state index in [0.29, 0.717) is 19.4 Å². The van der Waals surface area contributed by atoms with Crippen molar-refractivity contribution >= 4 is 11.9 Å². The van der Waals surface area contributed by atoms with Crippen LogP contribution in [0.1, 0.15) is 27.9 Å². The van der Waals surface area contributed by atoms with Crippen LogP contribution >= 0.6 is 0 Å². The molecule has 6 nitrogen and oxygen atoms in total. The molecule has 0 radical (unpaired) electrons. The van der Waals surface area contributed by atoms with Crippen LogP contribution < -0.4 is 9.47 Å². The summed E-state index contributed by atoms with van der Waals surface area (Å²) >= 11 is 0. The van der Waals surface area contributed by atoms with Gasteiger partial charge in [-0.1, -0.05) is 12.1 Å². The minimum atomic E-state index is -0.965. The summed E-state index contributed by atoms with van der Waals surface area (Å²) in [6, 6.07) is 12.0. The maximum atomic E-state index is 12.4. The van der Waals surface area contributed by atoms with Crippen molar-refractivity contribution in [1.29, 1.82) is 0 Å². The summed E-state index contributed by atoms with van der Waals surface area (Å²) in [7, 11) is 4.93. The van der Waals surface area contributed by atoms with Crippen LogP contribution in [0.2, 0.25) is 0 Å². The number of carboxylic acids is 1. The van der Waals surface area contributed by atoms with E-state index in [1.54, 1.807) is 38.3 Å². The lowest BCUT2D eigenvalue weighted by molar-refractivity contribution is -0.130. The predicted molar refractivity (Wildman–Crippen MR) is 97.7 cm³/mol. The second kappa shape index (κ2) is 8.89. The number of hydrogen-bond donors (Lipinski definition) is 1. The molecule has 0 aliphatic heterocycles. The fraction of sp³-hybridized carbons (Fsp3) is 0.300. The highest BCUT2D eigenvalue weighted by molar-refractivity contribution is 5.87. The first-order valence-corrected chi connectivity index (χ1v) is 8.21. The summed E-state index contributed by atoms with van der Waals surface area (Å²) in [5.74, 6) is 0.482. The predicted octanol–water partition coefficient (Wildman–Crippen LogP) is 2.99. The van der Waals surface area contributed by atoms with Crippen LogP contribution in [-0.2, 0) is 17.8 Å².